The monoisotopic (exact) mass is 370 g/mol. The number of carbonyl (C=O) groups excluding carboxylic acids is 1. The average Bonchev–Trinajstić information content (AvgIpc) is 2.73. The molecule has 2 unspecified atom stereocenters. The van der Waals surface area contributed by atoms with Crippen molar-refractivity contribution in [2.24, 2.45) is 5.92 Å². The van der Waals surface area contributed by atoms with E-state index in [1.165, 1.54) is 7.11 Å². The molecule has 0 amide bonds. The zero-order chi connectivity index (χ0) is 19.3. The average molecular weight is 370 g/mol. The summed E-state index contributed by atoms with van der Waals surface area (Å²) in [5.74, 6) is -3.09. The molecule has 5 heteroatoms. The van der Waals surface area contributed by atoms with Gasteiger partial charge in [-0.2, -0.15) is 4.89 Å². The van der Waals surface area contributed by atoms with Gasteiger partial charge in [-0.15, -0.1) is 0 Å². The van der Waals surface area contributed by atoms with Gasteiger partial charge in [0.05, 0.1) is 7.11 Å². The smallest absolute Gasteiger partial charge is 0.314 e. The van der Waals surface area contributed by atoms with Gasteiger partial charge in [0.1, 0.15) is 5.92 Å². The van der Waals surface area contributed by atoms with E-state index < -0.39 is 23.3 Å². The summed E-state index contributed by atoms with van der Waals surface area (Å²) in [6.45, 7) is 2.01. The van der Waals surface area contributed by atoms with E-state index >= 15 is 0 Å². The minimum atomic E-state index is -1.71. The van der Waals surface area contributed by atoms with E-state index in [-0.39, 0.29) is 6.42 Å². The Morgan fingerprint density at radius 2 is 1.63 bits per heavy atom. The SMILES string of the molecule is CCCCC1(O)OOC(c2ccccc2)(c2ccccc2)CC1C(=O)OC. The third-order valence-electron chi connectivity index (χ3n) is 5.22. The molecule has 0 aromatic heterocycles. The van der Waals surface area contributed by atoms with Gasteiger partial charge in [0.2, 0.25) is 5.79 Å². The lowest BCUT2D eigenvalue weighted by Gasteiger charge is -2.46. The number of carbonyl (C=O) groups is 1. The molecule has 1 N–H and O–H groups in total. The van der Waals surface area contributed by atoms with Crippen LogP contribution in [0.1, 0.15) is 43.7 Å². The predicted octanol–water partition coefficient (Wildman–Crippen LogP) is 3.95. The minimum Gasteiger partial charge on any atom is -0.469 e. The van der Waals surface area contributed by atoms with Crippen LogP contribution in [0, 0.1) is 5.92 Å². The van der Waals surface area contributed by atoms with Gasteiger partial charge in [-0.1, -0.05) is 74.0 Å². The highest BCUT2D eigenvalue weighted by atomic mass is 17.2. The summed E-state index contributed by atoms with van der Waals surface area (Å²) in [5, 5.41) is 11.0. The first-order valence-electron chi connectivity index (χ1n) is 9.34. The van der Waals surface area contributed by atoms with Crippen molar-refractivity contribution in [3.63, 3.8) is 0 Å². The number of aliphatic hydroxyl groups is 1. The molecule has 3 rings (SSSR count). The first-order valence-corrected chi connectivity index (χ1v) is 9.34. The Morgan fingerprint density at radius 3 is 2.11 bits per heavy atom. The lowest BCUT2D eigenvalue weighted by Crippen LogP contribution is -2.55. The number of benzene rings is 2. The number of hydrogen-bond acceptors (Lipinski definition) is 5. The zero-order valence-corrected chi connectivity index (χ0v) is 15.8. The van der Waals surface area contributed by atoms with E-state index in [9.17, 15) is 9.90 Å². The molecule has 1 aliphatic heterocycles. The second kappa shape index (κ2) is 8.21. The van der Waals surface area contributed by atoms with Gasteiger partial charge in [0, 0.05) is 12.8 Å². The third kappa shape index (κ3) is 3.76. The Labute approximate surface area is 159 Å². The van der Waals surface area contributed by atoms with E-state index in [0.29, 0.717) is 12.8 Å². The highest BCUT2D eigenvalue weighted by Crippen LogP contribution is 2.48. The minimum absolute atomic E-state index is 0.216. The molecule has 144 valence electrons. The maximum atomic E-state index is 12.6. The fourth-order valence-corrected chi connectivity index (χ4v) is 3.65. The van der Waals surface area contributed by atoms with Crippen LogP contribution in [0.15, 0.2) is 60.7 Å². The van der Waals surface area contributed by atoms with E-state index in [2.05, 4.69) is 0 Å². The van der Waals surface area contributed by atoms with Crippen LogP contribution in [0.2, 0.25) is 0 Å². The molecule has 1 saturated heterocycles. The first kappa shape index (κ1) is 19.5. The van der Waals surface area contributed by atoms with Crippen LogP contribution in [0.4, 0.5) is 0 Å². The molecule has 1 fully saturated rings. The summed E-state index contributed by atoms with van der Waals surface area (Å²) in [5.41, 5.74) is 0.685. The highest BCUT2D eigenvalue weighted by Gasteiger charge is 2.56. The van der Waals surface area contributed by atoms with Gasteiger partial charge < -0.3 is 9.84 Å². The Hall–Kier alpha value is -2.21. The Bertz CT molecular complexity index is 706. The van der Waals surface area contributed by atoms with Gasteiger partial charge in [0.25, 0.3) is 0 Å². The van der Waals surface area contributed by atoms with E-state index in [0.717, 1.165) is 17.5 Å². The molecule has 1 aliphatic rings. The first-order chi connectivity index (χ1) is 13.1. The highest BCUT2D eigenvalue weighted by molar-refractivity contribution is 5.74. The lowest BCUT2D eigenvalue weighted by molar-refractivity contribution is -0.495. The maximum Gasteiger partial charge on any atom is 0.314 e. The molecule has 5 nitrogen and oxygen atoms in total. The van der Waals surface area contributed by atoms with Crippen molar-refractivity contribution >= 4 is 5.97 Å². The molecule has 0 radical (unpaired) electrons. The van der Waals surface area contributed by atoms with Gasteiger partial charge in [-0.05, 0) is 17.5 Å². The van der Waals surface area contributed by atoms with Crippen molar-refractivity contribution in [3.05, 3.63) is 71.8 Å². The van der Waals surface area contributed by atoms with Crippen molar-refractivity contribution in [3.8, 4) is 0 Å². The fraction of sp³-hybridized carbons (Fsp3) is 0.409. The summed E-state index contributed by atoms with van der Waals surface area (Å²) < 4.78 is 5.00. The van der Waals surface area contributed by atoms with Crippen LogP contribution >= 0.6 is 0 Å². The standard InChI is InChI=1S/C22H26O5/c1-3-4-15-22(24)19(20(23)25-2)16-21(26-27-22,17-11-7-5-8-12-17)18-13-9-6-10-14-18/h5-14,19,24H,3-4,15-16H2,1-2H3. The zero-order valence-electron chi connectivity index (χ0n) is 15.8. The molecular formula is C22H26O5. The number of esters is 1. The number of unbranched alkanes of at least 4 members (excludes halogenated alkanes) is 1. The quantitative estimate of drug-likeness (QED) is 0.616. The van der Waals surface area contributed by atoms with Gasteiger partial charge in [-0.25, -0.2) is 4.89 Å². The van der Waals surface area contributed by atoms with Crippen LogP contribution in [-0.2, 0) is 24.9 Å². The molecule has 0 aliphatic carbocycles. The van der Waals surface area contributed by atoms with Crippen molar-refractivity contribution in [2.45, 2.75) is 44.0 Å². The molecule has 2 aromatic rings. The molecule has 27 heavy (non-hydrogen) atoms. The molecule has 2 atom stereocenters. The summed E-state index contributed by atoms with van der Waals surface area (Å²) >= 11 is 0. The molecule has 0 bridgehead atoms. The Morgan fingerprint density at radius 1 is 1.07 bits per heavy atom. The molecule has 0 spiro atoms. The topological polar surface area (TPSA) is 65.0 Å². The number of ether oxygens (including phenoxy) is 1. The lowest BCUT2D eigenvalue weighted by atomic mass is 9.75. The largest absolute Gasteiger partial charge is 0.469 e. The number of methoxy groups -OCH3 is 1. The third-order valence-corrected chi connectivity index (χ3v) is 5.22. The number of hydrogen-bond donors (Lipinski definition) is 1. The normalized spacial score (nSPS) is 24.3. The number of rotatable bonds is 6. The van der Waals surface area contributed by atoms with Gasteiger partial charge in [0.15, 0.2) is 5.60 Å². The molecule has 1 heterocycles. The van der Waals surface area contributed by atoms with E-state index in [4.69, 9.17) is 14.5 Å². The van der Waals surface area contributed by atoms with Crippen LogP contribution < -0.4 is 0 Å². The molecule has 0 saturated carbocycles. The molecule has 2 aromatic carbocycles. The van der Waals surface area contributed by atoms with Crippen molar-refractivity contribution in [1.82, 2.24) is 0 Å². The van der Waals surface area contributed by atoms with Crippen molar-refractivity contribution < 1.29 is 24.4 Å². The van der Waals surface area contributed by atoms with Crippen LogP contribution in [0.5, 0.6) is 0 Å². The summed E-state index contributed by atoms with van der Waals surface area (Å²) in [7, 11) is 1.32. The Kier molecular flexibility index (Phi) is 5.95. The van der Waals surface area contributed by atoms with Gasteiger partial charge >= 0.3 is 5.97 Å². The Balaban J connectivity index is 2.07. The van der Waals surface area contributed by atoms with E-state index in [1.54, 1.807) is 0 Å². The van der Waals surface area contributed by atoms with Crippen LogP contribution in [0.3, 0.4) is 0 Å². The summed E-state index contributed by atoms with van der Waals surface area (Å²) in [4.78, 5) is 24.1. The van der Waals surface area contributed by atoms with Crippen LogP contribution in [0.25, 0.3) is 0 Å². The van der Waals surface area contributed by atoms with Gasteiger partial charge in [-0.3, -0.25) is 4.79 Å². The van der Waals surface area contributed by atoms with Crippen molar-refractivity contribution in [2.75, 3.05) is 7.11 Å². The predicted molar refractivity (Wildman–Crippen MR) is 100 cm³/mol. The van der Waals surface area contributed by atoms with Crippen molar-refractivity contribution in [1.29, 1.82) is 0 Å². The maximum absolute atomic E-state index is 12.6. The second-order valence-electron chi connectivity index (χ2n) is 6.95. The molecular weight excluding hydrogens is 344 g/mol. The van der Waals surface area contributed by atoms with E-state index in [1.807, 2.05) is 67.6 Å². The summed E-state index contributed by atoms with van der Waals surface area (Å²) in [6.07, 6.45) is 2.08. The summed E-state index contributed by atoms with van der Waals surface area (Å²) in [6, 6.07) is 19.2. The fourth-order valence-electron chi connectivity index (χ4n) is 3.65. The van der Waals surface area contributed by atoms with Crippen LogP contribution in [-0.4, -0.2) is 24.0 Å². The second-order valence-corrected chi connectivity index (χ2v) is 6.95.